The summed E-state index contributed by atoms with van der Waals surface area (Å²) in [4.78, 5) is 14.6. The van der Waals surface area contributed by atoms with Gasteiger partial charge >= 0.3 is 0 Å². The normalized spacial score (nSPS) is 11.0. The van der Waals surface area contributed by atoms with Crippen LogP contribution in [0, 0.1) is 6.92 Å². The number of nitrogens with zero attached hydrogens (tertiary/aromatic N) is 1. The maximum atomic E-state index is 12.7. The molecule has 3 rings (SSSR count). The molecule has 0 unspecified atom stereocenters. The Hall–Kier alpha value is -3.32. The van der Waals surface area contributed by atoms with E-state index in [9.17, 15) is 13.2 Å². The number of amides is 1. The van der Waals surface area contributed by atoms with Crippen LogP contribution in [0.1, 0.15) is 15.9 Å². The van der Waals surface area contributed by atoms with Crippen LogP contribution in [0.15, 0.2) is 83.8 Å². The first-order valence-electron chi connectivity index (χ1n) is 9.59. The number of benzene rings is 3. The molecule has 1 amide bonds. The van der Waals surface area contributed by atoms with Crippen LogP contribution in [-0.2, 0) is 10.0 Å². The summed E-state index contributed by atoms with van der Waals surface area (Å²) in [5, 5.41) is 2.84. The Morgan fingerprint density at radius 3 is 2.33 bits per heavy atom. The number of sulfonamides is 1. The average Bonchev–Trinajstić information content (AvgIpc) is 2.76. The van der Waals surface area contributed by atoms with Gasteiger partial charge in [-0.05, 0) is 49.4 Å². The third-order valence-corrected chi connectivity index (χ3v) is 6.02. The third-order valence-electron chi connectivity index (χ3n) is 4.64. The fourth-order valence-electron chi connectivity index (χ4n) is 2.89. The quantitative estimate of drug-likeness (QED) is 0.580. The third kappa shape index (κ3) is 5.61. The number of carbonyl (C=O) groups excluding carboxylic acids is 1. The highest BCUT2D eigenvalue weighted by Gasteiger charge is 2.16. The summed E-state index contributed by atoms with van der Waals surface area (Å²) in [6.45, 7) is 2.99. The predicted molar refractivity (Wildman–Crippen MR) is 120 cm³/mol. The van der Waals surface area contributed by atoms with Gasteiger partial charge in [-0.25, -0.2) is 8.42 Å². The predicted octanol–water partition coefficient (Wildman–Crippen LogP) is 3.66. The number of hydrogen-bond acceptors (Lipinski definition) is 4. The van der Waals surface area contributed by atoms with E-state index in [1.54, 1.807) is 24.3 Å². The first-order valence-corrected chi connectivity index (χ1v) is 11.1. The van der Waals surface area contributed by atoms with Gasteiger partial charge in [-0.3, -0.25) is 9.52 Å². The van der Waals surface area contributed by atoms with Gasteiger partial charge in [0, 0.05) is 37.1 Å². The van der Waals surface area contributed by atoms with E-state index in [1.807, 2.05) is 61.3 Å². The van der Waals surface area contributed by atoms with Crippen LogP contribution in [0.25, 0.3) is 0 Å². The van der Waals surface area contributed by atoms with Gasteiger partial charge in [0.15, 0.2) is 0 Å². The van der Waals surface area contributed by atoms with E-state index in [-0.39, 0.29) is 10.8 Å². The molecule has 0 bridgehead atoms. The Kier molecular flexibility index (Phi) is 6.74. The second-order valence-corrected chi connectivity index (χ2v) is 8.69. The second-order valence-electron chi connectivity index (χ2n) is 7.01. The molecule has 3 aromatic carbocycles. The van der Waals surface area contributed by atoms with Crippen molar-refractivity contribution in [2.45, 2.75) is 11.8 Å². The van der Waals surface area contributed by atoms with E-state index in [2.05, 4.69) is 10.0 Å². The van der Waals surface area contributed by atoms with Gasteiger partial charge < -0.3 is 10.2 Å². The number of anilines is 2. The second kappa shape index (κ2) is 9.45. The minimum Gasteiger partial charge on any atom is -0.373 e. The van der Waals surface area contributed by atoms with Crippen LogP contribution in [0.3, 0.4) is 0 Å². The summed E-state index contributed by atoms with van der Waals surface area (Å²) in [5.41, 5.74) is 2.86. The largest absolute Gasteiger partial charge is 0.373 e. The van der Waals surface area contributed by atoms with Crippen molar-refractivity contribution in [2.75, 3.05) is 29.8 Å². The van der Waals surface area contributed by atoms with Crippen molar-refractivity contribution in [1.29, 1.82) is 0 Å². The maximum absolute atomic E-state index is 12.7. The fraction of sp³-hybridized carbons (Fsp3) is 0.174. The van der Waals surface area contributed by atoms with E-state index in [0.717, 1.165) is 11.3 Å². The van der Waals surface area contributed by atoms with Gasteiger partial charge in [-0.1, -0.05) is 42.0 Å². The molecule has 30 heavy (non-hydrogen) atoms. The van der Waals surface area contributed by atoms with Gasteiger partial charge in [0.2, 0.25) is 0 Å². The van der Waals surface area contributed by atoms with Crippen LogP contribution in [0.5, 0.6) is 0 Å². The lowest BCUT2D eigenvalue weighted by atomic mass is 10.2. The molecule has 6 nitrogen and oxygen atoms in total. The van der Waals surface area contributed by atoms with Crippen LogP contribution >= 0.6 is 0 Å². The van der Waals surface area contributed by atoms with Gasteiger partial charge in [-0.2, -0.15) is 0 Å². The van der Waals surface area contributed by atoms with Crippen molar-refractivity contribution in [3.8, 4) is 0 Å². The number of carbonyl (C=O) groups is 1. The number of para-hydroxylation sites is 1. The number of rotatable bonds is 8. The van der Waals surface area contributed by atoms with Crippen molar-refractivity contribution in [3.63, 3.8) is 0 Å². The van der Waals surface area contributed by atoms with Gasteiger partial charge in [-0.15, -0.1) is 0 Å². The number of nitrogens with one attached hydrogen (secondary N) is 2. The molecule has 2 N–H and O–H groups in total. The standard InChI is InChI=1S/C23H25N3O3S/c1-18-11-13-20(14-12-18)25-30(28,29)22-10-6-7-19(17-22)23(27)24-15-16-26(2)21-8-4-3-5-9-21/h3-14,17,25H,15-16H2,1-2H3,(H,24,27). The molecule has 0 aliphatic carbocycles. The van der Waals surface area contributed by atoms with Crippen LogP contribution in [-0.4, -0.2) is 34.5 Å². The summed E-state index contributed by atoms with van der Waals surface area (Å²) in [6.07, 6.45) is 0. The molecule has 3 aromatic rings. The Morgan fingerprint density at radius 1 is 0.933 bits per heavy atom. The van der Waals surface area contributed by atoms with Crippen molar-refractivity contribution < 1.29 is 13.2 Å². The SMILES string of the molecule is Cc1ccc(NS(=O)(=O)c2cccc(C(=O)NCCN(C)c3ccccc3)c2)cc1. The maximum Gasteiger partial charge on any atom is 0.261 e. The number of aryl methyl sites for hydroxylation is 1. The van der Waals surface area contributed by atoms with Crippen LogP contribution < -0.4 is 14.9 Å². The first-order chi connectivity index (χ1) is 14.3. The monoisotopic (exact) mass is 423 g/mol. The Morgan fingerprint density at radius 2 is 1.63 bits per heavy atom. The smallest absolute Gasteiger partial charge is 0.261 e. The molecule has 0 spiro atoms. The van der Waals surface area contributed by atoms with E-state index < -0.39 is 10.0 Å². The fourth-order valence-corrected chi connectivity index (χ4v) is 4.00. The van der Waals surface area contributed by atoms with Crippen molar-refractivity contribution in [2.24, 2.45) is 0 Å². The lowest BCUT2D eigenvalue weighted by Gasteiger charge is -2.19. The molecular formula is C23H25N3O3S. The van der Waals surface area contributed by atoms with Gasteiger partial charge in [0.25, 0.3) is 15.9 Å². The van der Waals surface area contributed by atoms with Crippen molar-refractivity contribution in [1.82, 2.24) is 5.32 Å². The molecule has 0 aromatic heterocycles. The van der Waals surface area contributed by atoms with E-state index >= 15 is 0 Å². The minimum atomic E-state index is -3.79. The molecule has 0 fully saturated rings. The van der Waals surface area contributed by atoms with Crippen molar-refractivity contribution in [3.05, 3.63) is 90.0 Å². The van der Waals surface area contributed by atoms with E-state index in [0.29, 0.717) is 24.3 Å². The lowest BCUT2D eigenvalue weighted by Crippen LogP contribution is -2.33. The Bertz CT molecular complexity index is 1100. The summed E-state index contributed by atoms with van der Waals surface area (Å²) in [6, 6.07) is 22.9. The molecule has 7 heteroatoms. The molecular weight excluding hydrogens is 398 g/mol. The summed E-state index contributed by atoms with van der Waals surface area (Å²) < 4.78 is 27.9. The van der Waals surface area contributed by atoms with Gasteiger partial charge in [0.1, 0.15) is 0 Å². The molecule has 0 radical (unpaired) electrons. The highest BCUT2D eigenvalue weighted by Crippen LogP contribution is 2.18. The highest BCUT2D eigenvalue weighted by atomic mass is 32.2. The highest BCUT2D eigenvalue weighted by molar-refractivity contribution is 7.92. The number of likely N-dealkylation sites (N-methyl/N-ethyl adjacent to an activating group) is 1. The molecule has 0 saturated heterocycles. The first kappa shape index (κ1) is 21.4. The molecule has 0 aliphatic heterocycles. The molecule has 156 valence electrons. The minimum absolute atomic E-state index is 0.0390. The lowest BCUT2D eigenvalue weighted by molar-refractivity contribution is 0.0954. The Labute approximate surface area is 177 Å². The van der Waals surface area contributed by atoms with Crippen molar-refractivity contribution >= 4 is 27.3 Å². The zero-order valence-electron chi connectivity index (χ0n) is 17.0. The molecule has 0 heterocycles. The van der Waals surface area contributed by atoms with Gasteiger partial charge in [0.05, 0.1) is 4.90 Å². The summed E-state index contributed by atoms with van der Waals surface area (Å²) in [5.74, 6) is -0.316. The van der Waals surface area contributed by atoms with E-state index in [4.69, 9.17) is 0 Å². The average molecular weight is 424 g/mol. The van der Waals surface area contributed by atoms with Crippen LogP contribution in [0.4, 0.5) is 11.4 Å². The van der Waals surface area contributed by atoms with E-state index in [1.165, 1.54) is 12.1 Å². The summed E-state index contributed by atoms with van der Waals surface area (Å²) >= 11 is 0. The Balaban J connectivity index is 1.62. The zero-order valence-corrected chi connectivity index (χ0v) is 17.8. The molecule has 0 saturated carbocycles. The summed E-state index contributed by atoms with van der Waals surface area (Å²) in [7, 11) is -1.84. The topological polar surface area (TPSA) is 78.5 Å². The van der Waals surface area contributed by atoms with Crippen LogP contribution in [0.2, 0.25) is 0 Å². The molecule has 0 aliphatic rings. The zero-order chi connectivity index (χ0) is 21.6. The number of hydrogen-bond donors (Lipinski definition) is 2. The molecule has 0 atom stereocenters.